The highest BCUT2D eigenvalue weighted by Gasteiger charge is 2.25. The lowest BCUT2D eigenvalue weighted by molar-refractivity contribution is -0.727. The molecule has 1 aromatic rings. The molecule has 2 nitrogen and oxygen atoms in total. The number of nitrogens with zero attached hydrogens (tertiary/aromatic N) is 1. The zero-order valence-electron chi connectivity index (χ0n) is 36.0. The standard InChI is InChI=1S/C49H96N2/c1-5-8-11-14-17-20-23-25-26-27-28-30-33-36-39-42-47(4)51-46-45-50-49(51)48(43-40-37-34-31-22-19-16-13-10-7-3)44-41-38-35-32-29-24-21-18-15-12-9-6-2/h45-48H,5-44H2,1-4H3/p+1. The lowest BCUT2D eigenvalue weighted by Crippen LogP contribution is -2.41. The van der Waals surface area contributed by atoms with E-state index in [9.17, 15) is 0 Å². The number of aromatic nitrogens is 2. The maximum absolute atomic E-state index is 3.78. The third-order valence-electron chi connectivity index (χ3n) is 12.1. The Kier molecular flexibility index (Phi) is 36.8. The van der Waals surface area contributed by atoms with Gasteiger partial charge in [-0.15, -0.1) is 0 Å². The Hall–Kier alpha value is -0.790. The first-order valence-electron chi connectivity index (χ1n) is 24.3. The molecule has 0 radical (unpaired) electrons. The Morgan fingerprint density at radius 1 is 0.373 bits per heavy atom. The number of rotatable bonds is 42. The van der Waals surface area contributed by atoms with E-state index in [4.69, 9.17) is 0 Å². The van der Waals surface area contributed by atoms with Gasteiger partial charge in [-0.2, -0.15) is 0 Å². The van der Waals surface area contributed by atoms with Crippen LogP contribution in [0.1, 0.15) is 302 Å². The van der Waals surface area contributed by atoms with Crippen molar-refractivity contribution in [1.29, 1.82) is 0 Å². The Morgan fingerprint density at radius 3 is 0.922 bits per heavy atom. The summed E-state index contributed by atoms with van der Waals surface area (Å²) in [7, 11) is 0. The molecule has 0 amide bonds. The van der Waals surface area contributed by atoms with Gasteiger partial charge in [0.15, 0.2) is 0 Å². The van der Waals surface area contributed by atoms with Crippen LogP contribution in [0.15, 0.2) is 12.4 Å². The van der Waals surface area contributed by atoms with Gasteiger partial charge in [0, 0.05) is 0 Å². The van der Waals surface area contributed by atoms with Gasteiger partial charge in [-0.3, -0.25) is 0 Å². The van der Waals surface area contributed by atoms with Crippen molar-refractivity contribution in [3.63, 3.8) is 0 Å². The number of H-pyrrole nitrogens is 1. The minimum Gasteiger partial charge on any atom is -0.247 e. The summed E-state index contributed by atoms with van der Waals surface area (Å²) in [6.45, 7) is 9.44. The molecule has 0 aliphatic heterocycles. The molecular formula is C49H97N2+. The van der Waals surface area contributed by atoms with Gasteiger partial charge in [0.1, 0.15) is 12.4 Å². The molecule has 1 N–H and O–H groups in total. The number of hydrogen-bond acceptors (Lipinski definition) is 0. The smallest absolute Gasteiger partial charge is 0.247 e. The highest BCUT2D eigenvalue weighted by Crippen LogP contribution is 2.28. The highest BCUT2D eigenvalue weighted by atomic mass is 15.1. The minimum atomic E-state index is 0.616. The topological polar surface area (TPSA) is 19.7 Å². The summed E-state index contributed by atoms with van der Waals surface area (Å²) in [5.41, 5.74) is 0. The van der Waals surface area contributed by atoms with Crippen LogP contribution in [0.4, 0.5) is 0 Å². The van der Waals surface area contributed by atoms with Gasteiger partial charge in [-0.05, 0) is 32.6 Å². The zero-order valence-corrected chi connectivity index (χ0v) is 36.0. The molecule has 0 fully saturated rings. The van der Waals surface area contributed by atoms with E-state index in [1.807, 2.05) is 0 Å². The molecule has 0 saturated carbocycles. The van der Waals surface area contributed by atoms with Crippen molar-refractivity contribution in [2.24, 2.45) is 0 Å². The van der Waals surface area contributed by atoms with Gasteiger partial charge in [0.25, 0.3) is 5.82 Å². The average molecular weight is 714 g/mol. The molecule has 302 valence electrons. The Balaban J connectivity index is 2.34. The molecule has 2 heteroatoms. The molecular weight excluding hydrogens is 617 g/mol. The third kappa shape index (κ3) is 30.3. The lowest BCUT2D eigenvalue weighted by Gasteiger charge is -2.17. The number of aromatic amines is 1. The van der Waals surface area contributed by atoms with Crippen molar-refractivity contribution in [1.82, 2.24) is 4.98 Å². The van der Waals surface area contributed by atoms with E-state index in [1.165, 1.54) is 257 Å². The quantitative estimate of drug-likeness (QED) is 0.0514. The molecule has 0 aromatic carbocycles. The first-order valence-corrected chi connectivity index (χ1v) is 24.3. The SMILES string of the molecule is CCCCCCCCCCCCCCCCCC(C)[n+]1cc[nH]c1C(CCCCCCCCCCCC)CCCCCCCCCCCCCC. The van der Waals surface area contributed by atoms with Crippen molar-refractivity contribution in [2.75, 3.05) is 0 Å². The van der Waals surface area contributed by atoms with E-state index < -0.39 is 0 Å². The minimum absolute atomic E-state index is 0.616. The summed E-state index contributed by atoms with van der Waals surface area (Å²) in [6.07, 6.45) is 62.1. The van der Waals surface area contributed by atoms with Gasteiger partial charge in [-0.25, -0.2) is 9.55 Å². The average Bonchev–Trinajstić information content (AvgIpc) is 3.63. The molecule has 0 spiro atoms. The predicted octanol–water partition coefficient (Wildman–Crippen LogP) is 17.6. The van der Waals surface area contributed by atoms with Crippen LogP contribution in [0.5, 0.6) is 0 Å². The molecule has 2 unspecified atom stereocenters. The summed E-state index contributed by atoms with van der Waals surface area (Å²) >= 11 is 0. The van der Waals surface area contributed by atoms with Crippen molar-refractivity contribution in [3.8, 4) is 0 Å². The summed E-state index contributed by atoms with van der Waals surface area (Å²) in [5, 5.41) is 0. The number of hydrogen-bond donors (Lipinski definition) is 1. The van der Waals surface area contributed by atoms with Crippen LogP contribution in [-0.4, -0.2) is 4.98 Å². The van der Waals surface area contributed by atoms with E-state index >= 15 is 0 Å². The zero-order chi connectivity index (χ0) is 36.7. The van der Waals surface area contributed by atoms with Crippen molar-refractivity contribution < 1.29 is 4.57 Å². The molecule has 2 atom stereocenters. The first kappa shape index (κ1) is 48.2. The normalized spacial score (nSPS) is 12.9. The second kappa shape index (κ2) is 38.9. The van der Waals surface area contributed by atoms with Crippen LogP contribution < -0.4 is 4.57 Å². The Bertz CT molecular complexity index is 783. The molecule has 51 heavy (non-hydrogen) atoms. The maximum atomic E-state index is 3.78. The van der Waals surface area contributed by atoms with Gasteiger partial charge in [-0.1, -0.05) is 252 Å². The van der Waals surface area contributed by atoms with Crippen LogP contribution in [-0.2, 0) is 0 Å². The lowest BCUT2D eigenvalue weighted by atomic mass is 9.92. The van der Waals surface area contributed by atoms with Crippen LogP contribution in [0, 0.1) is 0 Å². The van der Waals surface area contributed by atoms with Crippen LogP contribution >= 0.6 is 0 Å². The van der Waals surface area contributed by atoms with E-state index in [-0.39, 0.29) is 0 Å². The number of nitrogens with one attached hydrogen (secondary N) is 1. The molecule has 1 heterocycles. The summed E-state index contributed by atoms with van der Waals surface area (Å²) in [5.74, 6) is 2.25. The Labute approximate surface area is 323 Å². The van der Waals surface area contributed by atoms with Gasteiger partial charge >= 0.3 is 0 Å². The van der Waals surface area contributed by atoms with Crippen LogP contribution in [0.2, 0.25) is 0 Å². The summed E-state index contributed by atoms with van der Waals surface area (Å²) < 4.78 is 2.66. The van der Waals surface area contributed by atoms with E-state index in [1.54, 1.807) is 5.82 Å². The largest absolute Gasteiger partial charge is 0.257 e. The van der Waals surface area contributed by atoms with Gasteiger partial charge in [0.05, 0.1) is 12.0 Å². The molecule has 0 bridgehead atoms. The van der Waals surface area contributed by atoms with E-state index in [2.05, 4.69) is 49.6 Å². The molecule has 0 saturated heterocycles. The fraction of sp³-hybridized carbons (Fsp3) is 0.939. The van der Waals surface area contributed by atoms with E-state index in [0.29, 0.717) is 12.0 Å². The van der Waals surface area contributed by atoms with Crippen molar-refractivity contribution in [3.05, 3.63) is 18.2 Å². The summed E-state index contributed by atoms with van der Waals surface area (Å²) in [4.78, 5) is 3.78. The molecule has 0 aliphatic carbocycles. The van der Waals surface area contributed by atoms with Gasteiger partial charge < -0.3 is 0 Å². The fourth-order valence-corrected chi connectivity index (χ4v) is 8.55. The second-order valence-corrected chi connectivity index (χ2v) is 17.2. The third-order valence-corrected chi connectivity index (χ3v) is 12.1. The Morgan fingerprint density at radius 2 is 0.627 bits per heavy atom. The van der Waals surface area contributed by atoms with E-state index in [0.717, 1.165) is 0 Å². The number of imidazole rings is 1. The molecule has 1 rings (SSSR count). The fourth-order valence-electron chi connectivity index (χ4n) is 8.55. The second-order valence-electron chi connectivity index (χ2n) is 17.2. The van der Waals surface area contributed by atoms with Crippen molar-refractivity contribution >= 4 is 0 Å². The maximum Gasteiger partial charge on any atom is 0.257 e. The van der Waals surface area contributed by atoms with Crippen LogP contribution in [0.25, 0.3) is 0 Å². The highest BCUT2D eigenvalue weighted by molar-refractivity contribution is 4.90. The van der Waals surface area contributed by atoms with Crippen LogP contribution in [0.3, 0.4) is 0 Å². The first-order chi connectivity index (χ1) is 25.2. The van der Waals surface area contributed by atoms with Crippen molar-refractivity contribution in [2.45, 2.75) is 296 Å². The summed E-state index contributed by atoms with van der Waals surface area (Å²) in [6, 6.07) is 0.616. The monoisotopic (exact) mass is 714 g/mol. The van der Waals surface area contributed by atoms with Gasteiger partial charge in [0.2, 0.25) is 0 Å². The molecule has 0 aliphatic rings. The number of unbranched alkanes of at least 4 members (excludes halogenated alkanes) is 34. The molecule has 1 aromatic heterocycles. The predicted molar refractivity (Wildman–Crippen MR) is 230 cm³/mol.